The number of likely N-dealkylation sites (N-methyl/N-ethyl adjacent to an activating group) is 1. The van der Waals surface area contributed by atoms with E-state index < -0.39 is 0 Å². The zero-order valence-corrected chi connectivity index (χ0v) is 11.4. The van der Waals surface area contributed by atoms with Gasteiger partial charge in [0.25, 0.3) is 5.91 Å². The number of halogens is 1. The molecule has 0 heterocycles. The molecule has 1 rings (SSSR count). The summed E-state index contributed by atoms with van der Waals surface area (Å²) in [6.07, 6.45) is 0. The van der Waals surface area contributed by atoms with Gasteiger partial charge < -0.3 is 10.6 Å². The van der Waals surface area contributed by atoms with Crippen molar-refractivity contribution in [2.24, 2.45) is 0 Å². The van der Waals surface area contributed by atoms with Crippen LogP contribution in [0.2, 0.25) is 0 Å². The predicted octanol–water partition coefficient (Wildman–Crippen LogP) is 1.62. The lowest BCUT2D eigenvalue weighted by atomic mass is 10.1. The quantitative estimate of drug-likeness (QED) is 0.887. The Morgan fingerprint density at radius 1 is 1.29 bits per heavy atom. The van der Waals surface area contributed by atoms with Crippen molar-refractivity contribution in [3.63, 3.8) is 0 Å². The third-order valence-corrected chi connectivity index (χ3v) is 3.27. The summed E-state index contributed by atoms with van der Waals surface area (Å²) in [6, 6.07) is 5.43. The van der Waals surface area contributed by atoms with Crippen LogP contribution in [0.3, 0.4) is 0 Å². The van der Waals surface area contributed by atoms with E-state index in [1.165, 1.54) is 0 Å². The second-order valence-corrected chi connectivity index (χ2v) is 4.37. The highest BCUT2D eigenvalue weighted by Crippen LogP contribution is 2.20. The van der Waals surface area contributed by atoms with Gasteiger partial charge >= 0.3 is 0 Å². The highest BCUT2D eigenvalue weighted by molar-refractivity contribution is 9.10. The van der Waals surface area contributed by atoms with Gasteiger partial charge in [0.05, 0.1) is 12.1 Å². The molecule has 0 bridgehead atoms. The van der Waals surface area contributed by atoms with E-state index in [1.54, 1.807) is 12.1 Å². The molecular weight excluding hydrogens is 284 g/mol. The van der Waals surface area contributed by atoms with E-state index in [0.717, 1.165) is 10.0 Å². The molecule has 92 valence electrons. The van der Waals surface area contributed by atoms with Gasteiger partial charge in [-0.3, -0.25) is 9.59 Å². The van der Waals surface area contributed by atoms with Crippen LogP contribution in [0.1, 0.15) is 22.8 Å². The topological polar surface area (TPSA) is 58.2 Å². The summed E-state index contributed by atoms with van der Waals surface area (Å²) in [4.78, 5) is 23.0. The first-order valence-electron chi connectivity index (χ1n) is 5.36. The molecule has 2 N–H and O–H groups in total. The van der Waals surface area contributed by atoms with E-state index in [1.807, 2.05) is 19.9 Å². The lowest BCUT2D eigenvalue weighted by Gasteiger charge is -2.08. The number of aryl methyl sites for hydroxylation is 1. The van der Waals surface area contributed by atoms with Gasteiger partial charge in [-0.2, -0.15) is 0 Å². The molecule has 1 aromatic rings. The molecule has 0 saturated heterocycles. The summed E-state index contributed by atoms with van der Waals surface area (Å²) in [5, 5.41) is 5.18. The average molecular weight is 299 g/mol. The van der Waals surface area contributed by atoms with Crippen LogP contribution < -0.4 is 10.6 Å². The van der Waals surface area contributed by atoms with Gasteiger partial charge in [0.1, 0.15) is 0 Å². The maximum absolute atomic E-state index is 11.8. The van der Waals surface area contributed by atoms with Crippen molar-refractivity contribution in [2.75, 3.05) is 13.1 Å². The van der Waals surface area contributed by atoms with Crippen LogP contribution in [0.5, 0.6) is 0 Å². The van der Waals surface area contributed by atoms with Gasteiger partial charge in [-0.15, -0.1) is 0 Å². The highest BCUT2D eigenvalue weighted by Gasteiger charge is 2.11. The molecule has 0 aliphatic carbocycles. The molecule has 0 unspecified atom stereocenters. The number of carbonyl (C=O) groups is 2. The molecule has 0 aliphatic rings. The molecule has 17 heavy (non-hydrogen) atoms. The Morgan fingerprint density at radius 2 is 2.00 bits per heavy atom. The first kappa shape index (κ1) is 13.7. The average Bonchev–Trinajstić information content (AvgIpc) is 2.30. The predicted molar refractivity (Wildman–Crippen MR) is 69.9 cm³/mol. The number of carbonyl (C=O) groups excluding carboxylic acids is 2. The van der Waals surface area contributed by atoms with Crippen molar-refractivity contribution >= 4 is 27.7 Å². The Bertz CT molecular complexity index is 433. The standard InChI is InChI=1S/C12H15BrN2O2/c1-3-14-10(16)7-15-12(17)9-6-4-5-8(2)11(9)13/h4-6H,3,7H2,1-2H3,(H,14,16)(H,15,17). The molecule has 0 aromatic heterocycles. The summed E-state index contributed by atoms with van der Waals surface area (Å²) in [5.41, 5.74) is 1.52. The van der Waals surface area contributed by atoms with Crippen LogP contribution in [0.15, 0.2) is 22.7 Å². The Morgan fingerprint density at radius 3 is 2.65 bits per heavy atom. The molecule has 5 heteroatoms. The van der Waals surface area contributed by atoms with E-state index in [2.05, 4.69) is 26.6 Å². The van der Waals surface area contributed by atoms with Crippen LogP contribution in [0, 0.1) is 6.92 Å². The number of amides is 2. The van der Waals surface area contributed by atoms with Crippen molar-refractivity contribution in [2.45, 2.75) is 13.8 Å². The van der Waals surface area contributed by atoms with Crippen molar-refractivity contribution in [1.82, 2.24) is 10.6 Å². The van der Waals surface area contributed by atoms with Gasteiger partial charge in [-0.1, -0.05) is 12.1 Å². The van der Waals surface area contributed by atoms with Gasteiger partial charge in [0, 0.05) is 11.0 Å². The first-order chi connectivity index (χ1) is 8.06. The molecule has 0 aliphatic heterocycles. The normalized spacial score (nSPS) is 9.82. The smallest absolute Gasteiger partial charge is 0.252 e. The van der Waals surface area contributed by atoms with Crippen molar-refractivity contribution in [1.29, 1.82) is 0 Å². The largest absolute Gasteiger partial charge is 0.355 e. The van der Waals surface area contributed by atoms with Crippen molar-refractivity contribution in [3.8, 4) is 0 Å². The number of nitrogens with one attached hydrogen (secondary N) is 2. The van der Waals surface area contributed by atoms with Crippen LogP contribution in [-0.2, 0) is 4.79 Å². The lowest BCUT2D eigenvalue weighted by molar-refractivity contribution is -0.120. The Hall–Kier alpha value is -1.36. The van der Waals surface area contributed by atoms with Crippen LogP contribution in [0.25, 0.3) is 0 Å². The fourth-order valence-corrected chi connectivity index (χ4v) is 1.78. The van der Waals surface area contributed by atoms with Gasteiger partial charge in [0.15, 0.2) is 0 Å². The summed E-state index contributed by atoms with van der Waals surface area (Å²) in [5.74, 6) is -0.448. The number of benzene rings is 1. The minimum atomic E-state index is -0.258. The van der Waals surface area contributed by atoms with Gasteiger partial charge in [-0.25, -0.2) is 0 Å². The van der Waals surface area contributed by atoms with Gasteiger partial charge in [0.2, 0.25) is 5.91 Å². The molecule has 0 radical (unpaired) electrons. The SMILES string of the molecule is CCNC(=O)CNC(=O)c1cccc(C)c1Br. The molecule has 0 atom stereocenters. The van der Waals surface area contributed by atoms with Crippen LogP contribution in [0.4, 0.5) is 0 Å². The molecule has 0 spiro atoms. The fourth-order valence-electron chi connectivity index (χ4n) is 1.34. The van der Waals surface area contributed by atoms with E-state index in [0.29, 0.717) is 12.1 Å². The maximum atomic E-state index is 11.8. The number of rotatable bonds is 4. The molecule has 2 amide bonds. The number of hydrogen-bond acceptors (Lipinski definition) is 2. The minimum absolute atomic E-state index is 0.00689. The second-order valence-electron chi connectivity index (χ2n) is 3.57. The highest BCUT2D eigenvalue weighted by atomic mass is 79.9. The lowest BCUT2D eigenvalue weighted by Crippen LogP contribution is -2.36. The van der Waals surface area contributed by atoms with Crippen molar-refractivity contribution in [3.05, 3.63) is 33.8 Å². The third kappa shape index (κ3) is 3.85. The summed E-state index contributed by atoms with van der Waals surface area (Å²) < 4.78 is 0.758. The fraction of sp³-hybridized carbons (Fsp3) is 0.333. The summed E-state index contributed by atoms with van der Waals surface area (Å²) in [6.45, 7) is 4.29. The first-order valence-corrected chi connectivity index (χ1v) is 6.15. The Kier molecular flexibility index (Phi) is 5.15. The number of hydrogen-bond donors (Lipinski definition) is 2. The van der Waals surface area contributed by atoms with Crippen LogP contribution in [-0.4, -0.2) is 24.9 Å². The molecular formula is C12H15BrN2O2. The molecule has 1 aromatic carbocycles. The third-order valence-electron chi connectivity index (χ3n) is 2.22. The maximum Gasteiger partial charge on any atom is 0.252 e. The van der Waals surface area contributed by atoms with E-state index in [4.69, 9.17) is 0 Å². The second kappa shape index (κ2) is 6.39. The minimum Gasteiger partial charge on any atom is -0.355 e. The van der Waals surface area contributed by atoms with Crippen LogP contribution >= 0.6 is 15.9 Å². The monoisotopic (exact) mass is 298 g/mol. The molecule has 0 fully saturated rings. The molecule has 0 saturated carbocycles. The summed E-state index contributed by atoms with van der Waals surface area (Å²) in [7, 11) is 0. The van der Waals surface area contributed by atoms with Gasteiger partial charge in [-0.05, 0) is 41.4 Å². The zero-order chi connectivity index (χ0) is 12.8. The Labute approximate surface area is 109 Å². The molecule has 4 nitrogen and oxygen atoms in total. The van der Waals surface area contributed by atoms with E-state index in [9.17, 15) is 9.59 Å². The van der Waals surface area contributed by atoms with E-state index >= 15 is 0 Å². The summed E-state index contributed by atoms with van der Waals surface area (Å²) >= 11 is 3.36. The Balaban J connectivity index is 2.64. The van der Waals surface area contributed by atoms with Crippen molar-refractivity contribution < 1.29 is 9.59 Å². The van der Waals surface area contributed by atoms with E-state index in [-0.39, 0.29) is 18.4 Å². The zero-order valence-electron chi connectivity index (χ0n) is 9.84.